The van der Waals surface area contributed by atoms with Crippen molar-refractivity contribution >= 4 is 11.6 Å². The Morgan fingerprint density at radius 2 is 1.87 bits per heavy atom. The van der Waals surface area contributed by atoms with Crippen LogP contribution in [-0.2, 0) is 11.2 Å². The fraction of sp³-hybridized carbons (Fsp3) is 0.350. The van der Waals surface area contributed by atoms with E-state index in [0.717, 1.165) is 25.1 Å². The van der Waals surface area contributed by atoms with Crippen molar-refractivity contribution < 1.29 is 4.79 Å². The summed E-state index contributed by atoms with van der Waals surface area (Å²) in [5.74, 6) is 0.123. The number of hydrogen-bond donors (Lipinski definition) is 1. The van der Waals surface area contributed by atoms with Crippen LogP contribution < -0.4 is 10.2 Å². The Morgan fingerprint density at radius 3 is 2.57 bits per heavy atom. The summed E-state index contributed by atoms with van der Waals surface area (Å²) >= 11 is 0. The van der Waals surface area contributed by atoms with Crippen molar-refractivity contribution in [2.45, 2.75) is 26.7 Å². The lowest BCUT2D eigenvalue weighted by atomic mass is 10.1. The maximum Gasteiger partial charge on any atom is 0.240 e. The first-order valence-electron chi connectivity index (χ1n) is 8.32. The number of nitrogens with zero attached hydrogens (tertiary/aromatic N) is 1. The Balaban J connectivity index is 1.75. The summed E-state index contributed by atoms with van der Waals surface area (Å²) in [5, 5.41) is 3.26. The second-order valence-electron chi connectivity index (χ2n) is 5.74. The van der Waals surface area contributed by atoms with Gasteiger partial charge >= 0.3 is 0 Å². The van der Waals surface area contributed by atoms with Crippen molar-refractivity contribution in [3.05, 3.63) is 65.7 Å². The zero-order valence-corrected chi connectivity index (χ0v) is 14.1. The molecule has 0 spiro atoms. The molecule has 1 amide bonds. The van der Waals surface area contributed by atoms with Gasteiger partial charge < -0.3 is 10.2 Å². The van der Waals surface area contributed by atoms with Gasteiger partial charge in [0.05, 0.1) is 6.54 Å². The van der Waals surface area contributed by atoms with Gasteiger partial charge in [0.25, 0.3) is 0 Å². The number of carbonyl (C=O) groups is 1. The van der Waals surface area contributed by atoms with Crippen LogP contribution >= 0.6 is 0 Å². The highest BCUT2D eigenvalue weighted by Gasteiger charge is 2.13. The number of rotatable bonds is 8. The third-order valence-electron chi connectivity index (χ3n) is 3.87. The molecule has 3 nitrogen and oxygen atoms in total. The van der Waals surface area contributed by atoms with Crippen molar-refractivity contribution in [1.29, 1.82) is 0 Å². The van der Waals surface area contributed by atoms with Crippen molar-refractivity contribution in [3.8, 4) is 0 Å². The van der Waals surface area contributed by atoms with E-state index in [1.165, 1.54) is 11.1 Å². The molecule has 0 aromatic heterocycles. The van der Waals surface area contributed by atoms with Crippen LogP contribution in [-0.4, -0.2) is 25.5 Å². The number of nitrogens with one attached hydrogen (secondary N) is 1. The number of benzene rings is 2. The number of amides is 1. The number of aryl methyl sites for hydroxylation is 2. The van der Waals surface area contributed by atoms with E-state index in [1.54, 1.807) is 0 Å². The average molecular weight is 310 g/mol. The summed E-state index contributed by atoms with van der Waals surface area (Å²) in [6, 6.07) is 18.5. The highest BCUT2D eigenvalue weighted by atomic mass is 16.2. The molecular weight excluding hydrogens is 284 g/mol. The van der Waals surface area contributed by atoms with E-state index in [0.29, 0.717) is 13.1 Å². The summed E-state index contributed by atoms with van der Waals surface area (Å²) in [6.07, 6.45) is 2.07. The van der Waals surface area contributed by atoms with Gasteiger partial charge in [-0.25, -0.2) is 0 Å². The van der Waals surface area contributed by atoms with E-state index < -0.39 is 0 Å². The SMILES string of the molecule is CCN(C(=O)CNCCCc1ccccc1)c1cccc(C)c1. The third-order valence-corrected chi connectivity index (χ3v) is 3.87. The van der Waals surface area contributed by atoms with Gasteiger partial charge in [-0.1, -0.05) is 42.5 Å². The summed E-state index contributed by atoms with van der Waals surface area (Å²) in [5.41, 5.74) is 3.49. The first-order valence-corrected chi connectivity index (χ1v) is 8.32. The highest BCUT2D eigenvalue weighted by molar-refractivity contribution is 5.94. The van der Waals surface area contributed by atoms with E-state index in [2.05, 4.69) is 35.6 Å². The van der Waals surface area contributed by atoms with Crippen molar-refractivity contribution in [2.24, 2.45) is 0 Å². The molecule has 1 N–H and O–H groups in total. The van der Waals surface area contributed by atoms with E-state index in [-0.39, 0.29) is 5.91 Å². The fourth-order valence-electron chi connectivity index (χ4n) is 2.65. The molecule has 0 atom stereocenters. The van der Waals surface area contributed by atoms with Crippen LogP contribution in [0.3, 0.4) is 0 Å². The molecule has 0 aliphatic heterocycles. The van der Waals surface area contributed by atoms with E-state index in [1.807, 2.05) is 43.0 Å². The first-order chi connectivity index (χ1) is 11.2. The number of anilines is 1. The Kier molecular flexibility index (Phi) is 6.82. The van der Waals surface area contributed by atoms with Gasteiger partial charge in [-0.05, 0) is 56.5 Å². The smallest absolute Gasteiger partial charge is 0.240 e. The Bertz CT molecular complexity index is 610. The van der Waals surface area contributed by atoms with Crippen LogP contribution in [0, 0.1) is 6.92 Å². The second kappa shape index (κ2) is 9.11. The predicted molar refractivity (Wildman–Crippen MR) is 96.8 cm³/mol. The Morgan fingerprint density at radius 1 is 1.09 bits per heavy atom. The Hall–Kier alpha value is -2.13. The minimum atomic E-state index is 0.123. The molecule has 23 heavy (non-hydrogen) atoms. The summed E-state index contributed by atoms with van der Waals surface area (Å²) < 4.78 is 0. The highest BCUT2D eigenvalue weighted by Crippen LogP contribution is 2.15. The molecule has 2 rings (SSSR count). The molecule has 2 aromatic rings. The van der Waals surface area contributed by atoms with Gasteiger partial charge in [0.1, 0.15) is 0 Å². The number of hydrogen-bond acceptors (Lipinski definition) is 2. The lowest BCUT2D eigenvalue weighted by molar-refractivity contribution is -0.117. The van der Waals surface area contributed by atoms with Crippen molar-refractivity contribution in [3.63, 3.8) is 0 Å². The predicted octanol–water partition coefficient (Wildman–Crippen LogP) is 3.57. The van der Waals surface area contributed by atoms with Gasteiger partial charge in [-0.3, -0.25) is 4.79 Å². The van der Waals surface area contributed by atoms with Crippen LogP contribution in [0.2, 0.25) is 0 Å². The zero-order valence-electron chi connectivity index (χ0n) is 14.1. The van der Waals surface area contributed by atoms with Gasteiger partial charge in [0, 0.05) is 12.2 Å². The standard InChI is InChI=1S/C20H26N2O/c1-3-22(19-13-7-9-17(2)15-19)20(23)16-21-14-8-12-18-10-5-4-6-11-18/h4-7,9-11,13,15,21H,3,8,12,14,16H2,1-2H3. The largest absolute Gasteiger partial charge is 0.312 e. The fourth-order valence-corrected chi connectivity index (χ4v) is 2.65. The summed E-state index contributed by atoms with van der Waals surface area (Å²) in [6.45, 7) is 5.98. The van der Waals surface area contributed by atoms with E-state index in [9.17, 15) is 4.79 Å². The van der Waals surface area contributed by atoms with Gasteiger partial charge in [-0.15, -0.1) is 0 Å². The zero-order chi connectivity index (χ0) is 16.5. The molecule has 0 aliphatic rings. The molecule has 0 saturated heterocycles. The lowest BCUT2D eigenvalue weighted by Crippen LogP contribution is -2.38. The van der Waals surface area contributed by atoms with E-state index >= 15 is 0 Å². The van der Waals surface area contributed by atoms with Crippen LogP contribution in [0.15, 0.2) is 54.6 Å². The molecule has 2 aromatic carbocycles. The van der Waals surface area contributed by atoms with Crippen LogP contribution in [0.4, 0.5) is 5.69 Å². The molecule has 0 aliphatic carbocycles. The first kappa shape index (κ1) is 17.2. The number of carbonyl (C=O) groups excluding carboxylic acids is 1. The summed E-state index contributed by atoms with van der Waals surface area (Å²) in [7, 11) is 0. The quantitative estimate of drug-likeness (QED) is 0.756. The molecular formula is C20H26N2O. The molecule has 0 fully saturated rings. The van der Waals surface area contributed by atoms with Gasteiger partial charge in [0.15, 0.2) is 0 Å². The second-order valence-corrected chi connectivity index (χ2v) is 5.74. The molecule has 0 radical (unpaired) electrons. The van der Waals surface area contributed by atoms with Gasteiger partial charge in [0.2, 0.25) is 5.91 Å². The van der Waals surface area contributed by atoms with Crippen LogP contribution in [0.5, 0.6) is 0 Å². The molecule has 3 heteroatoms. The maximum atomic E-state index is 12.4. The maximum absolute atomic E-state index is 12.4. The molecule has 0 bridgehead atoms. The van der Waals surface area contributed by atoms with Crippen molar-refractivity contribution in [1.82, 2.24) is 5.32 Å². The van der Waals surface area contributed by atoms with Crippen molar-refractivity contribution in [2.75, 3.05) is 24.5 Å². The Labute approximate surface area is 139 Å². The average Bonchev–Trinajstić information content (AvgIpc) is 2.56. The summed E-state index contributed by atoms with van der Waals surface area (Å²) in [4.78, 5) is 14.2. The van der Waals surface area contributed by atoms with E-state index in [4.69, 9.17) is 0 Å². The minimum absolute atomic E-state index is 0.123. The lowest BCUT2D eigenvalue weighted by Gasteiger charge is -2.21. The van der Waals surface area contributed by atoms with Crippen LogP contribution in [0.1, 0.15) is 24.5 Å². The molecule has 122 valence electrons. The normalized spacial score (nSPS) is 10.5. The third kappa shape index (κ3) is 5.53. The van der Waals surface area contributed by atoms with Gasteiger partial charge in [-0.2, -0.15) is 0 Å². The number of likely N-dealkylation sites (N-methyl/N-ethyl adjacent to an activating group) is 1. The monoisotopic (exact) mass is 310 g/mol. The minimum Gasteiger partial charge on any atom is -0.312 e. The molecule has 0 saturated carbocycles. The molecule has 0 unspecified atom stereocenters. The topological polar surface area (TPSA) is 32.3 Å². The van der Waals surface area contributed by atoms with Crippen LogP contribution in [0.25, 0.3) is 0 Å². The molecule has 0 heterocycles.